The van der Waals surface area contributed by atoms with E-state index in [9.17, 15) is 0 Å². The predicted octanol–water partition coefficient (Wildman–Crippen LogP) is 4.00. The van der Waals surface area contributed by atoms with E-state index < -0.39 is 0 Å². The van der Waals surface area contributed by atoms with Crippen molar-refractivity contribution in [3.8, 4) is 0 Å². The van der Waals surface area contributed by atoms with Gasteiger partial charge in [-0.3, -0.25) is 0 Å². The first-order chi connectivity index (χ1) is 8.72. The van der Waals surface area contributed by atoms with Gasteiger partial charge in [0.1, 0.15) is 0 Å². The van der Waals surface area contributed by atoms with Gasteiger partial charge in [0.2, 0.25) is 0 Å². The van der Waals surface area contributed by atoms with E-state index >= 15 is 0 Å². The van der Waals surface area contributed by atoms with Crippen LogP contribution in [0.15, 0.2) is 18.2 Å². The normalized spacial score (nSPS) is 31.2. The quantitative estimate of drug-likeness (QED) is 0.843. The Kier molecular flexibility index (Phi) is 3.19. The zero-order valence-electron chi connectivity index (χ0n) is 11.9. The van der Waals surface area contributed by atoms with Gasteiger partial charge in [-0.05, 0) is 67.7 Å². The van der Waals surface area contributed by atoms with Crippen molar-refractivity contribution in [3.05, 3.63) is 34.9 Å². The standard InChI is InChI=1S/C17H25N/c1-4-18-17(16-14-6-5-7-15(14)16)13-9-8-11(2)12(3)10-13/h8-10,14-18H,4-7H2,1-3H3. The molecule has 0 spiro atoms. The molecule has 0 saturated heterocycles. The lowest BCUT2D eigenvalue weighted by Crippen LogP contribution is -2.24. The van der Waals surface area contributed by atoms with Crippen LogP contribution in [0.4, 0.5) is 0 Å². The second-order valence-electron chi connectivity index (χ2n) is 6.22. The van der Waals surface area contributed by atoms with Crippen molar-refractivity contribution in [2.24, 2.45) is 17.8 Å². The lowest BCUT2D eigenvalue weighted by Gasteiger charge is -2.21. The van der Waals surface area contributed by atoms with Crippen LogP contribution in [0.25, 0.3) is 0 Å². The fraction of sp³-hybridized carbons (Fsp3) is 0.647. The number of aryl methyl sites for hydroxylation is 2. The first kappa shape index (κ1) is 12.2. The Bertz CT molecular complexity index is 427. The molecule has 3 atom stereocenters. The van der Waals surface area contributed by atoms with Crippen molar-refractivity contribution >= 4 is 0 Å². The van der Waals surface area contributed by atoms with Crippen LogP contribution in [0.3, 0.4) is 0 Å². The Balaban J connectivity index is 1.83. The molecule has 0 aromatic heterocycles. The summed E-state index contributed by atoms with van der Waals surface area (Å²) in [5.41, 5.74) is 4.35. The molecule has 0 heterocycles. The fourth-order valence-electron chi connectivity index (χ4n) is 4.03. The molecule has 3 rings (SSSR count). The molecule has 2 saturated carbocycles. The van der Waals surface area contributed by atoms with Crippen molar-refractivity contribution in [2.45, 2.75) is 46.1 Å². The largest absolute Gasteiger partial charge is 0.310 e. The highest BCUT2D eigenvalue weighted by Gasteiger charge is 2.55. The van der Waals surface area contributed by atoms with Gasteiger partial charge in [-0.1, -0.05) is 31.5 Å². The molecule has 3 unspecified atom stereocenters. The van der Waals surface area contributed by atoms with Gasteiger partial charge in [-0.15, -0.1) is 0 Å². The molecule has 1 aromatic rings. The molecule has 1 nitrogen and oxygen atoms in total. The van der Waals surface area contributed by atoms with E-state index in [2.05, 4.69) is 44.3 Å². The molecular weight excluding hydrogens is 218 g/mol. The molecule has 1 heteroatoms. The lowest BCUT2D eigenvalue weighted by molar-refractivity contribution is 0.425. The van der Waals surface area contributed by atoms with E-state index in [4.69, 9.17) is 0 Å². The Morgan fingerprint density at radius 2 is 1.89 bits per heavy atom. The third-order valence-electron chi connectivity index (χ3n) is 5.17. The molecule has 0 radical (unpaired) electrons. The van der Waals surface area contributed by atoms with Gasteiger partial charge in [0.15, 0.2) is 0 Å². The number of benzene rings is 1. The average molecular weight is 243 g/mol. The molecule has 1 N–H and O–H groups in total. The summed E-state index contributed by atoms with van der Waals surface area (Å²) in [7, 11) is 0. The third kappa shape index (κ3) is 1.99. The van der Waals surface area contributed by atoms with Crippen LogP contribution < -0.4 is 5.32 Å². The maximum Gasteiger partial charge on any atom is 0.0354 e. The third-order valence-corrected chi connectivity index (χ3v) is 5.17. The molecule has 0 bridgehead atoms. The first-order valence-electron chi connectivity index (χ1n) is 7.53. The summed E-state index contributed by atoms with van der Waals surface area (Å²) < 4.78 is 0. The van der Waals surface area contributed by atoms with E-state index in [1.54, 1.807) is 0 Å². The molecule has 1 aromatic carbocycles. The van der Waals surface area contributed by atoms with Crippen LogP contribution in [0.2, 0.25) is 0 Å². The van der Waals surface area contributed by atoms with Crippen LogP contribution >= 0.6 is 0 Å². The van der Waals surface area contributed by atoms with Gasteiger partial charge >= 0.3 is 0 Å². The lowest BCUT2D eigenvalue weighted by atomic mass is 9.94. The van der Waals surface area contributed by atoms with Gasteiger partial charge in [0.25, 0.3) is 0 Å². The molecule has 98 valence electrons. The second kappa shape index (κ2) is 4.70. The van der Waals surface area contributed by atoms with Crippen LogP contribution in [-0.4, -0.2) is 6.54 Å². The first-order valence-corrected chi connectivity index (χ1v) is 7.53. The zero-order chi connectivity index (χ0) is 12.7. The van der Waals surface area contributed by atoms with Crippen molar-refractivity contribution in [1.82, 2.24) is 5.32 Å². The Labute approximate surface area is 111 Å². The van der Waals surface area contributed by atoms with Gasteiger partial charge in [-0.25, -0.2) is 0 Å². The highest BCUT2D eigenvalue weighted by molar-refractivity contribution is 5.33. The van der Waals surface area contributed by atoms with Crippen LogP contribution in [-0.2, 0) is 0 Å². The van der Waals surface area contributed by atoms with Crippen molar-refractivity contribution in [2.75, 3.05) is 6.54 Å². The summed E-state index contributed by atoms with van der Waals surface area (Å²) in [6, 6.07) is 7.62. The minimum Gasteiger partial charge on any atom is -0.310 e. The van der Waals surface area contributed by atoms with Crippen LogP contribution in [0.1, 0.15) is 48.9 Å². The maximum atomic E-state index is 3.74. The van der Waals surface area contributed by atoms with Gasteiger partial charge in [0, 0.05) is 6.04 Å². The van der Waals surface area contributed by atoms with E-state index in [-0.39, 0.29) is 0 Å². The minimum absolute atomic E-state index is 0.601. The molecule has 2 fully saturated rings. The molecule has 18 heavy (non-hydrogen) atoms. The molecule has 2 aliphatic rings. The number of rotatable bonds is 4. The minimum atomic E-state index is 0.601. The van der Waals surface area contributed by atoms with E-state index in [1.807, 2.05) is 0 Å². The monoisotopic (exact) mass is 243 g/mol. The number of fused-ring (bicyclic) bond motifs is 1. The summed E-state index contributed by atoms with van der Waals surface area (Å²) in [6.07, 6.45) is 4.42. The van der Waals surface area contributed by atoms with Gasteiger partial charge in [0.05, 0.1) is 0 Å². The predicted molar refractivity (Wildman–Crippen MR) is 76.7 cm³/mol. The topological polar surface area (TPSA) is 12.0 Å². The van der Waals surface area contributed by atoms with Crippen LogP contribution in [0, 0.1) is 31.6 Å². The summed E-state index contributed by atoms with van der Waals surface area (Å²) in [5, 5.41) is 3.74. The molecular formula is C17H25N. The average Bonchev–Trinajstić information content (AvgIpc) is 2.82. The zero-order valence-corrected chi connectivity index (χ0v) is 11.9. The molecule has 0 aliphatic heterocycles. The Hall–Kier alpha value is -0.820. The SMILES string of the molecule is CCNC(c1ccc(C)c(C)c1)C1C2CCCC21. The van der Waals surface area contributed by atoms with Gasteiger partial charge < -0.3 is 5.32 Å². The highest BCUT2D eigenvalue weighted by Crippen LogP contribution is 2.62. The van der Waals surface area contributed by atoms with E-state index in [0.29, 0.717) is 6.04 Å². The summed E-state index contributed by atoms with van der Waals surface area (Å²) in [6.45, 7) is 7.74. The van der Waals surface area contributed by atoms with Crippen molar-refractivity contribution in [1.29, 1.82) is 0 Å². The van der Waals surface area contributed by atoms with E-state index in [0.717, 1.165) is 24.3 Å². The van der Waals surface area contributed by atoms with Crippen molar-refractivity contribution in [3.63, 3.8) is 0 Å². The Morgan fingerprint density at radius 1 is 1.17 bits per heavy atom. The Morgan fingerprint density at radius 3 is 2.50 bits per heavy atom. The smallest absolute Gasteiger partial charge is 0.0354 e. The number of hydrogen-bond acceptors (Lipinski definition) is 1. The molecule has 0 amide bonds. The number of hydrogen-bond donors (Lipinski definition) is 1. The van der Waals surface area contributed by atoms with Gasteiger partial charge in [-0.2, -0.15) is 0 Å². The fourth-order valence-corrected chi connectivity index (χ4v) is 4.03. The van der Waals surface area contributed by atoms with E-state index in [1.165, 1.54) is 36.0 Å². The number of nitrogens with one attached hydrogen (secondary N) is 1. The highest BCUT2D eigenvalue weighted by atomic mass is 14.9. The summed E-state index contributed by atoms with van der Waals surface area (Å²) >= 11 is 0. The summed E-state index contributed by atoms with van der Waals surface area (Å²) in [4.78, 5) is 0. The molecule has 2 aliphatic carbocycles. The summed E-state index contributed by atoms with van der Waals surface area (Å²) in [5.74, 6) is 2.96. The second-order valence-corrected chi connectivity index (χ2v) is 6.22. The van der Waals surface area contributed by atoms with Crippen LogP contribution in [0.5, 0.6) is 0 Å². The maximum absolute atomic E-state index is 3.74. The van der Waals surface area contributed by atoms with Crippen molar-refractivity contribution < 1.29 is 0 Å².